The average Bonchev–Trinajstić information content (AvgIpc) is 2.72. The first-order chi connectivity index (χ1) is 13.3. The zero-order valence-electron chi connectivity index (χ0n) is 16.1. The average molecular weight is 416 g/mol. The van der Waals surface area contributed by atoms with Crippen LogP contribution in [0.3, 0.4) is 0 Å². The topological polar surface area (TPSA) is 21.3 Å². The third-order valence-electron chi connectivity index (χ3n) is 4.58. The minimum Gasteiger partial charge on any atom is -0.489 e. The van der Waals surface area contributed by atoms with Gasteiger partial charge in [-0.25, -0.2) is 0 Å². The molecular formula is C24H27Cl2NO. The summed E-state index contributed by atoms with van der Waals surface area (Å²) in [6.07, 6.45) is 2.21. The maximum atomic E-state index is 6.24. The fraction of sp³-hybridized carbons (Fsp3) is 0.250. The molecule has 0 saturated carbocycles. The van der Waals surface area contributed by atoms with Crippen molar-refractivity contribution < 1.29 is 4.74 Å². The van der Waals surface area contributed by atoms with E-state index in [1.807, 2.05) is 36.4 Å². The first-order valence-electron chi connectivity index (χ1n) is 9.49. The van der Waals surface area contributed by atoms with Crippen LogP contribution in [0, 0.1) is 0 Å². The van der Waals surface area contributed by atoms with Crippen LogP contribution >= 0.6 is 24.0 Å². The van der Waals surface area contributed by atoms with E-state index in [4.69, 9.17) is 16.3 Å². The van der Waals surface area contributed by atoms with Crippen molar-refractivity contribution in [3.63, 3.8) is 0 Å². The molecule has 28 heavy (non-hydrogen) atoms. The third-order valence-corrected chi connectivity index (χ3v) is 4.81. The Morgan fingerprint density at radius 2 is 1.61 bits per heavy atom. The SMILES string of the molecule is CCCC(NCc1cc(Cl)ccc1OCc1ccccc1)c1ccccc1.Cl. The molecule has 0 aliphatic heterocycles. The van der Waals surface area contributed by atoms with Crippen LogP contribution in [0.5, 0.6) is 5.75 Å². The van der Waals surface area contributed by atoms with Gasteiger partial charge in [0.1, 0.15) is 12.4 Å². The van der Waals surface area contributed by atoms with Crippen molar-refractivity contribution in [1.82, 2.24) is 5.32 Å². The number of hydrogen-bond donors (Lipinski definition) is 1. The molecule has 148 valence electrons. The number of ether oxygens (including phenoxy) is 1. The predicted molar refractivity (Wildman–Crippen MR) is 120 cm³/mol. The van der Waals surface area contributed by atoms with E-state index in [2.05, 4.69) is 54.7 Å². The Hall–Kier alpha value is -2.00. The van der Waals surface area contributed by atoms with Crippen LogP contribution in [0.4, 0.5) is 0 Å². The lowest BCUT2D eigenvalue weighted by atomic mass is 10.0. The maximum absolute atomic E-state index is 6.24. The monoisotopic (exact) mass is 415 g/mol. The van der Waals surface area contributed by atoms with Gasteiger partial charge in [0.25, 0.3) is 0 Å². The van der Waals surface area contributed by atoms with Crippen LogP contribution in [0.2, 0.25) is 5.02 Å². The standard InChI is InChI=1S/C24H26ClNO.ClH/c1-2-9-23(20-12-7-4-8-13-20)26-17-21-16-22(25)14-15-24(21)27-18-19-10-5-3-6-11-19;/h3-8,10-16,23,26H,2,9,17-18H2,1H3;1H. The van der Waals surface area contributed by atoms with Crippen molar-refractivity contribution in [1.29, 1.82) is 0 Å². The molecule has 0 fully saturated rings. The summed E-state index contributed by atoms with van der Waals surface area (Å²) in [6, 6.07) is 26.9. The highest BCUT2D eigenvalue weighted by molar-refractivity contribution is 6.30. The molecule has 1 N–H and O–H groups in total. The molecule has 0 aliphatic carbocycles. The second kappa shape index (κ2) is 11.8. The molecule has 1 unspecified atom stereocenters. The Kier molecular flexibility index (Phi) is 9.36. The molecule has 3 aromatic rings. The highest BCUT2D eigenvalue weighted by Gasteiger charge is 2.12. The normalized spacial score (nSPS) is 11.5. The van der Waals surface area contributed by atoms with Gasteiger partial charge in [-0.3, -0.25) is 0 Å². The zero-order valence-corrected chi connectivity index (χ0v) is 17.7. The summed E-state index contributed by atoms with van der Waals surface area (Å²) in [5.41, 5.74) is 3.54. The highest BCUT2D eigenvalue weighted by Crippen LogP contribution is 2.26. The van der Waals surface area contributed by atoms with E-state index in [0.29, 0.717) is 19.2 Å². The Bertz CT molecular complexity index is 825. The van der Waals surface area contributed by atoms with E-state index in [1.165, 1.54) is 5.56 Å². The van der Waals surface area contributed by atoms with Crippen molar-refractivity contribution >= 4 is 24.0 Å². The van der Waals surface area contributed by atoms with Gasteiger partial charge in [0.05, 0.1) is 0 Å². The summed E-state index contributed by atoms with van der Waals surface area (Å²) in [5.74, 6) is 0.874. The van der Waals surface area contributed by atoms with Crippen molar-refractivity contribution in [2.24, 2.45) is 0 Å². The van der Waals surface area contributed by atoms with E-state index < -0.39 is 0 Å². The van der Waals surface area contributed by atoms with Gasteiger partial charge in [0.2, 0.25) is 0 Å². The molecule has 0 aromatic heterocycles. The van der Waals surface area contributed by atoms with Crippen LogP contribution in [0.1, 0.15) is 42.5 Å². The summed E-state index contributed by atoms with van der Waals surface area (Å²) >= 11 is 6.24. The Balaban J connectivity index is 0.00000280. The van der Waals surface area contributed by atoms with Gasteiger partial charge in [0, 0.05) is 23.2 Å². The summed E-state index contributed by atoms with van der Waals surface area (Å²) < 4.78 is 6.08. The second-order valence-corrected chi connectivity index (χ2v) is 7.10. The lowest BCUT2D eigenvalue weighted by molar-refractivity contribution is 0.301. The Morgan fingerprint density at radius 1 is 0.929 bits per heavy atom. The smallest absolute Gasteiger partial charge is 0.124 e. The van der Waals surface area contributed by atoms with Crippen LogP contribution in [0.25, 0.3) is 0 Å². The minimum atomic E-state index is 0. The molecule has 1 atom stereocenters. The molecular weight excluding hydrogens is 389 g/mol. The molecule has 0 saturated heterocycles. The molecule has 0 radical (unpaired) electrons. The summed E-state index contributed by atoms with van der Waals surface area (Å²) in [7, 11) is 0. The predicted octanol–water partition coefficient (Wildman–Crippen LogP) is 6.97. The van der Waals surface area contributed by atoms with Gasteiger partial charge in [-0.1, -0.05) is 85.6 Å². The van der Waals surface area contributed by atoms with Crippen molar-refractivity contribution in [3.8, 4) is 5.75 Å². The summed E-state index contributed by atoms with van der Waals surface area (Å²) in [5, 5.41) is 4.41. The van der Waals surface area contributed by atoms with Crippen LogP contribution in [-0.4, -0.2) is 0 Å². The highest BCUT2D eigenvalue weighted by atomic mass is 35.5. The number of rotatable bonds is 9. The lowest BCUT2D eigenvalue weighted by Gasteiger charge is -2.20. The van der Waals surface area contributed by atoms with E-state index in [-0.39, 0.29) is 12.4 Å². The van der Waals surface area contributed by atoms with Gasteiger partial charge in [-0.05, 0) is 35.7 Å². The molecule has 0 heterocycles. The molecule has 3 aromatic carbocycles. The van der Waals surface area contributed by atoms with Crippen molar-refractivity contribution in [2.75, 3.05) is 0 Å². The van der Waals surface area contributed by atoms with Gasteiger partial charge >= 0.3 is 0 Å². The van der Waals surface area contributed by atoms with E-state index >= 15 is 0 Å². The third kappa shape index (κ3) is 6.56. The van der Waals surface area contributed by atoms with Crippen molar-refractivity contribution in [3.05, 3.63) is 101 Å². The molecule has 0 bridgehead atoms. The molecule has 3 rings (SSSR count). The number of halogens is 2. The van der Waals surface area contributed by atoms with Crippen LogP contribution < -0.4 is 10.1 Å². The minimum absolute atomic E-state index is 0. The Labute approximate surface area is 179 Å². The van der Waals surface area contributed by atoms with Gasteiger partial charge in [-0.2, -0.15) is 0 Å². The van der Waals surface area contributed by atoms with Crippen LogP contribution in [0.15, 0.2) is 78.9 Å². The lowest BCUT2D eigenvalue weighted by Crippen LogP contribution is -2.21. The van der Waals surface area contributed by atoms with Gasteiger partial charge < -0.3 is 10.1 Å². The van der Waals surface area contributed by atoms with E-state index in [9.17, 15) is 0 Å². The maximum Gasteiger partial charge on any atom is 0.124 e. The first kappa shape index (κ1) is 22.3. The van der Waals surface area contributed by atoms with Gasteiger partial charge in [-0.15, -0.1) is 12.4 Å². The van der Waals surface area contributed by atoms with E-state index in [1.54, 1.807) is 0 Å². The second-order valence-electron chi connectivity index (χ2n) is 6.66. The quantitative estimate of drug-likeness (QED) is 0.407. The molecule has 0 amide bonds. The van der Waals surface area contributed by atoms with Crippen LogP contribution in [-0.2, 0) is 13.2 Å². The van der Waals surface area contributed by atoms with Gasteiger partial charge in [0.15, 0.2) is 0 Å². The molecule has 4 heteroatoms. The van der Waals surface area contributed by atoms with Crippen molar-refractivity contribution in [2.45, 2.75) is 39.0 Å². The number of nitrogens with one attached hydrogen (secondary N) is 1. The first-order valence-corrected chi connectivity index (χ1v) is 9.87. The number of benzene rings is 3. The molecule has 2 nitrogen and oxygen atoms in total. The Morgan fingerprint density at radius 3 is 2.29 bits per heavy atom. The largest absolute Gasteiger partial charge is 0.489 e. The summed E-state index contributed by atoms with van der Waals surface area (Å²) in [4.78, 5) is 0. The zero-order chi connectivity index (χ0) is 18.9. The number of hydrogen-bond acceptors (Lipinski definition) is 2. The van der Waals surface area contributed by atoms with E-state index in [0.717, 1.165) is 34.7 Å². The molecule has 0 spiro atoms. The fourth-order valence-electron chi connectivity index (χ4n) is 3.16. The molecule has 0 aliphatic rings. The summed E-state index contributed by atoms with van der Waals surface area (Å²) in [6.45, 7) is 3.47. The fourth-order valence-corrected chi connectivity index (χ4v) is 3.35.